The van der Waals surface area contributed by atoms with E-state index in [1.165, 1.54) is 51.5 Å². The molecular formula is C21H26FN3O5S. The van der Waals surface area contributed by atoms with Crippen LogP contribution in [0.1, 0.15) is 6.92 Å². The van der Waals surface area contributed by atoms with Crippen LogP contribution in [0.4, 0.5) is 10.1 Å². The van der Waals surface area contributed by atoms with Gasteiger partial charge in [0.2, 0.25) is 15.9 Å². The molecular weight excluding hydrogens is 425 g/mol. The van der Waals surface area contributed by atoms with Crippen LogP contribution in [0.5, 0.6) is 11.5 Å². The molecule has 0 spiro atoms. The second kappa shape index (κ2) is 9.52. The number of rotatable bonds is 7. The SMILES string of the molecule is COc1ccc(S(=O)(=O)N[C@H](C)C(=O)N2CCN(c3ccc(F)cc3)CC2)cc1OC. The molecule has 1 saturated heterocycles. The molecule has 0 radical (unpaired) electrons. The van der Waals surface area contributed by atoms with Gasteiger partial charge in [0.1, 0.15) is 5.82 Å². The van der Waals surface area contributed by atoms with Crippen molar-refractivity contribution in [2.45, 2.75) is 17.9 Å². The molecule has 8 nitrogen and oxygen atoms in total. The first-order valence-corrected chi connectivity index (χ1v) is 11.3. The fourth-order valence-corrected chi connectivity index (χ4v) is 4.66. The fourth-order valence-electron chi connectivity index (χ4n) is 3.45. The lowest BCUT2D eigenvalue weighted by Gasteiger charge is -2.37. The van der Waals surface area contributed by atoms with Crippen LogP contribution in [-0.4, -0.2) is 65.7 Å². The zero-order valence-corrected chi connectivity index (χ0v) is 18.5. The summed E-state index contributed by atoms with van der Waals surface area (Å²) in [5.41, 5.74) is 0.885. The molecule has 1 N–H and O–H groups in total. The molecule has 0 aliphatic carbocycles. The van der Waals surface area contributed by atoms with Gasteiger partial charge in [-0.25, -0.2) is 12.8 Å². The number of anilines is 1. The number of nitrogens with one attached hydrogen (secondary N) is 1. The van der Waals surface area contributed by atoms with Gasteiger partial charge in [-0.1, -0.05) is 0 Å². The van der Waals surface area contributed by atoms with Gasteiger partial charge in [0.05, 0.1) is 25.2 Å². The van der Waals surface area contributed by atoms with Crippen LogP contribution in [0, 0.1) is 5.82 Å². The first kappa shape index (κ1) is 22.8. The summed E-state index contributed by atoms with van der Waals surface area (Å²) < 4.78 is 51.3. The van der Waals surface area contributed by atoms with E-state index in [0.29, 0.717) is 31.9 Å². The summed E-state index contributed by atoms with van der Waals surface area (Å²) in [6, 6.07) is 9.50. The Morgan fingerprint density at radius 3 is 2.19 bits per heavy atom. The molecule has 168 valence electrons. The third-order valence-corrected chi connectivity index (χ3v) is 6.69. The summed E-state index contributed by atoms with van der Waals surface area (Å²) in [5, 5.41) is 0. The van der Waals surface area contributed by atoms with Crippen LogP contribution in [0.2, 0.25) is 0 Å². The van der Waals surface area contributed by atoms with E-state index in [1.54, 1.807) is 17.0 Å². The molecule has 31 heavy (non-hydrogen) atoms. The summed E-state index contributed by atoms with van der Waals surface area (Å²) in [5.74, 6) is 0.0850. The molecule has 0 bridgehead atoms. The lowest BCUT2D eigenvalue weighted by atomic mass is 10.2. The van der Waals surface area contributed by atoms with Crippen molar-refractivity contribution in [3.63, 3.8) is 0 Å². The van der Waals surface area contributed by atoms with Crippen molar-refractivity contribution in [3.8, 4) is 11.5 Å². The Morgan fingerprint density at radius 1 is 1.00 bits per heavy atom. The predicted octanol–water partition coefficient (Wildman–Crippen LogP) is 1.86. The number of sulfonamides is 1. The quantitative estimate of drug-likeness (QED) is 0.692. The average Bonchev–Trinajstić information content (AvgIpc) is 2.78. The third kappa shape index (κ3) is 5.26. The van der Waals surface area contributed by atoms with Crippen molar-refractivity contribution in [3.05, 3.63) is 48.3 Å². The standard InChI is InChI=1S/C21H26FN3O5S/c1-15(23-31(27,28)18-8-9-19(29-2)20(14-18)30-3)21(26)25-12-10-24(11-13-25)17-6-4-16(22)5-7-17/h4-9,14-15,23H,10-13H2,1-3H3/t15-/m1/s1. The minimum atomic E-state index is -3.94. The largest absolute Gasteiger partial charge is 0.493 e. The molecule has 1 fully saturated rings. The number of hydrogen-bond donors (Lipinski definition) is 1. The highest BCUT2D eigenvalue weighted by molar-refractivity contribution is 7.89. The van der Waals surface area contributed by atoms with Gasteiger partial charge in [0.25, 0.3) is 0 Å². The summed E-state index contributed by atoms with van der Waals surface area (Å²) in [6.45, 7) is 3.56. The molecule has 2 aromatic rings. The summed E-state index contributed by atoms with van der Waals surface area (Å²) >= 11 is 0. The highest BCUT2D eigenvalue weighted by Crippen LogP contribution is 2.29. The smallest absolute Gasteiger partial charge is 0.241 e. The van der Waals surface area contributed by atoms with Crippen molar-refractivity contribution in [1.29, 1.82) is 0 Å². The van der Waals surface area contributed by atoms with Crippen LogP contribution in [0.25, 0.3) is 0 Å². The van der Waals surface area contributed by atoms with E-state index in [1.807, 2.05) is 0 Å². The molecule has 3 rings (SSSR count). The van der Waals surface area contributed by atoms with E-state index in [4.69, 9.17) is 9.47 Å². The molecule has 1 aliphatic heterocycles. The lowest BCUT2D eigenvalue weighted by molar-refractivity contribution is -0.132. The summed E-state index contributed by atoms with van der Waals surface area (Å²) in [7, 11) is -1.06. The van der Waals surface area contributed by atoms with E-state index in [2.05, 4.69) is 9.62 Å². The zero-order chi connectivity index (χ0) is 22.6. The summed E-state index contributed by atoms with van der Waals surface area (Å²) in [4.78, 5) is 16.5. The molecule has 2 aromatic carbocycles. The molecule has 10 heteroatoms. The number of benzene rings is 2. The van der Waals surface area contributed by atoms with Crippen molar-refractivity contribution in [1.82, 2.24) is 9.62 Å². The van der Waals surface area contributed by atoms with Crippen molar-refractivity contribution < 1.29 is 27.1 Å². The Bertz CT molecular complexity index is 1020. The molecule has 0 aromatic heterocycles. The molecule has 1 aliphatic rings. The van der Waals surface area contributed by atoms with Gasteiger partial charge in [0.15, 0.2) is 11.5 Å². The van der Waals surface area contributed by atoms with Gasteiger partial charge < -0.3 is 19.3 Å². The number of carbonyl (C=O) groups is 1. The Morgan fingerprint density at radius 2 is 1.61 bits per heavy atom. The molecule has 1 atom stereocenters. The van der Waals surface area contributed by atoms with E-state index in [9.17, 15) is 17.6 Å². The van der Waals surface area contributed by atoms with Crippen molar-refractivity contribution in [2.75, 3.05) is 45.3 Å². The third-order valence-electron chi connectivity index (χ3n) is 5.15. The second-order valence-electron chi connectivity index (χ2n) is 7.15. The average molecular weight is 452 g/mol. The maximum absolute atomic E-state index is 13.1. The van der Waals surface area contributed by atoms with Gasteiger partial charge in [-0.2, -0.15) is 4.72 Å². The van der Waals surface area contributed by atoms with E-state index < -0.39 is 16.1 Å². The Balaban J connectivity index is 1.62. The van der Waals surface area contributed by atoms with Crippen LogP contribution < -0.4 is 19.1 Å². The topological polar surface area (TPSA) is 88.2 Å². The van der Waals surface area contributed by atoms with Gasteiger partial charge in [-0.05, 0) is 43.3 Å². The van der Waals surface area contributed by atoms with Crippen LogP contribution in [0.3, 0.4) is 0 Å². The van der Waals surface area contributed by atoms with E-state index >= 15 is 0 Å². The van der Waals surface area contributed by atoms with Crippen molar-refractivity contribution in [2.24, 2.45) is 0 Å². The molecule has 1 heterocycles. The summed E-state index contributed by atoms with van der Waals surface area (Å²) in [6.07, 6.45) is 0. The van der Waals surface area contributed by atoms with E-state index in [0.717, 1.165) is 5.69 Å². The van der Waals surface area contributed by atoms with Gasteiger partial charge in [0, 0.05) is 37.9 Å². The van der Waals surface area contributed by atoms with Crippen molar-refractivity contribution >= 4 is 21.6 Å². The van der Waals surface area contributed by atoms with Gasteiger partial charge in [-0.15, -0.1) is 0 Å². The first-order chi connectivity index (χ1) is 14.7. The maximum atomic E-state index is 13.1. The second-order valence-corrected chi connectivity index (χ2v) is 8.86. The van der Waals surface area contributed by atoms with E-state index in [-0.39, 0.29) is 22.4 Å². The Hall–Kier alpha value is -2.85. The lowest BCUT2D eigenvalue weighted by Crippen LogP contribution is -2.54. The number of methoxy groups -OCH3 is 2. The highest BCUT2D eigenvalue weighted by Gasteiger charge is 2.29. The molecule has 1 amide bonds. The fraction of sp³-hybridized carbons (Fsp3) is 0.381. The highest BCUT2D eigenvalue weighted by atomic mass is 32.2. The van der Waals surface area contributed by atoms with Crippen LogP contribution >= 0.6 is 0 Å². The normalized spacial score (nSPS) is 15.5. The number of amides is 1. The number of nitrogens with zero attached hydrogens (tertiary/aromatic N) is 2. The Labute approximate surface area is 181 Å². The van der Waals surface area contributed by atoms with Crippen LogP contribution in [-0.2, 0) is 14.8 Å². The number of piperazine rings is 1. The monoisotopic (exact) mass is 451 g/mol. The number of carbonyl (C=O) groups excluding carboxylic acids is 1. The van der Waals surface area contributed by atoms with Gasteiger partial charge >= 0.3 is 0 Å². The zero-order valence-electron chi connectivity index (χ0n) is 17.7. The van der Waals surface area contributed by atoms with Gasteiger partial charge in [-0.3, -0.25) is 4.79 Å². The Kier molecular flexibility index (Phi) is 7.01. The number of hydrogen-bond acceptors (Lipinski definition) is 6. The van der Waals surface area contributed by atoms with Crippen LogP contribution in [0.15, 0.2) is 47.4 Å². The minimum Gasteiger partial charge on any atom is -0.493 e. The molecule has 0 saturated carbocycles. The predicted molar refractivity (Wildman–Crippen MR) is 115 cm³/mol. The number of halogens is 1. The minimum absolute atomic E-state index is 0.0223. The maximum Gasteiger partial charge on any atom is 0.241 e. The number of ether oxygens (including phenoxy) is 2. The first-order valence-electron chi connectivity index (χ1n) is 9.79. The molecule has 0 unspecified atom stereocenters.